The molecule has 0 atom stereocenters. The van der Waals surface area contributed by atoms with Gasteiger partial charge in [0.1, 0.15) is 5.75 Å². The number of benzene rings is 2. The van der Waals surface area contributed by atoms with E-state index < -0.39 is 0 Å². The summed E-state index contributed by atoms with van der Waals surface area (Å²) in [6, 6.07) is 14.8. The van der Waals surface area contributed by atoms with Crippen LogP contribution < -0.4 is 10.1 Å². The second kappa shape index (κ2) is 7.57. The first-order valence-corrected chi connectivity index (χ1v) is 10.1. The maximum absolute atomic E-state index is 5.60. The molecule has 0 bridgehead atoms. The number of hydrogen-bond acceptors (Lipinski definition) is 3. The van der Waals surface area contributed by atoms with E-state index in [1.165, 1.54) is 34.6 Å². The minimum Gasteiger partial charge on any atom is -0.496 e. The van der Waals surface area contributed by atoms with Crippen molar-refractivity contribution >= 4 is 23.0 Å². The molecule has 1 aliphatic rings. The van der Waals surface area contributed by atoms with Gasteiger partial charge in [-0.15, -0.1) is 0 Å². The zero-order chi connectivity index (χ0) is 17.9. The molecule has 132 valence electrons. The first-order chi connectivity index (χ1) is 12.1. The fraction of sp³-hybridized carbons (Fsp3) is 0.364. The fourth-order valence-corrected chi connectivity index (χ4v) is 4.26. The molecule has 0 aliphatic carbocycles. The van der Waals surface area contributed by atoms with Gasteiger partial charge < -0.3 is 10.1 Å². The quantitative estimate of drug-likeness (QED) is 0.635. The fourth-order valence-electron chi connectivity index (χ4n) is 3.36. The molecule has 1 aliphatic heterocycles. The minimum absolute atomic E-state index is 0.0623. The van der Waals surface area contributed by atoms with Gasteiger partial charge in [0.2, 0.25) is 0 Å². The van der Waals surface area contributed by atoms with Crippen LogP contribution in [0.15, 0.2) is 48.5 Å². The van der Waals surface area contributed by atoms with Crippen LogP contribution in [0.5, 0.6) is 5.75 Å². The van der Waals surface area contributed by atoms with Crippen molar-refractivity contribution in [1.82, 2.24) is 0 Å². The Morgan fingerprint density at radius 1 is 1.00 bits per heavy atom. The van der Waals surface area contributed by atoms with Crippen molar-refractivity contribution in [2.45, 2.75) is 32.7 Å². The van der Waals surface area contributed by atoms with Crippen LogP contribution in [0, 0.1) is 0 Å². The van der Waals surface area contributed by atoms with E-state index >= 15 is 0 Å². The number of methoxy groups -OCH3 is 1. The van der Waals surface area contributed by atoms with Gasteiger partial charge in [-0.25, -0.2) is 0 Å². The standard InChI is InChI=1S/C22H27NOS/c1-5-13-25-15-16-14-22(2,3)23-21-17(16)10-8-11-19(21)18-9-6-7-12-20(18)24-4/h6-12,14,23H,5,13,15H2,1-4H3. The molecule has 1 heterocycles. The Morgan fingerprint density at radius 3 is 2.48 bits per heavy atom. The van der Waals surface area contributed by atoms with Crippen molar-refractivity contribution in [3.05, 3.63) is 54.1 Å². The number of nitrogens with one attached hydrogen (secondary N) is 1. The number of ether oxygens (including phenoxy) is 1. The lowest BCUT2D eigenvalue weighted by molar-refractivity contribution is 0.416. The first-order valence-electron chi connectivity index (χ1n) is 8.90. The van der Waals surface area contributed by atoms with Crippen molar-refractivity contribution in [2.75, 3.05) is 23.9 Å². The lowest BCUT2D eigenvalue weighted by Crippen LogP contribution is -2.32. The highest BCUT2D eigenvalue weighted by atomic mass is 32.2. The van der Waals surface area contributed by atoms with Gasteiger partial charge in [-0.3, -0.25) is 0 Å². The SMILES string of the molecule is CCCSCC1=CC(C)(C)Nc2c1cccc2-c1ccccc1OC. The van der Waals surface area contributed by atoms with Gasteiger partial charge in [-0.1, -0.05) is 49.4 Å². The monoisotopic (exact) mass is 353 g/mol. The second-order valence-electron chi connectivity index (χ2n) is 7.00. The van der Waals surface area contributed by atoms with E-state index in [1.807, 2.05) is 23.9 Å². The zero-order valence-electron chi connectivity index (χ0n) is 15.6. The summed E-state index contributed by atoms with van der Waals surface area (Å²) in [4.78, 5) is 0. The van der Waals surface area contributed by atoms with Crippen LogP contribution in [0.1, 0.15) is 32.8 Å². The van der Waals surface area contributed by atoms with Crippen molar-refractivity contribution in [3.8, 4) is 16.9 Å². The second-order valence-corrected chi connectivity index (χ2v) is 8.10. The van der Waals surface area contributed by atoms with Crippen LogP contribution in [0.3, 0.4) is 0 Å². The molecule has 0 radical (unpaired) electrons. The first kappa shape index (κ1) is 17.9. The predicted molar refractivity (Wildman–Crippen MR) is 112 cm³/mol. The molecule has 2 aromatic carbocycles. The maximum atomic E-state index is 5.60. The molecule has 0 saturated carbocycles. The maximum Gasteiger partial charge on any atom is 0.126 e. The molecule has 2 nitrogen and oxygen atoms in total. The number of hydrogen-bond donors (Lipinski definition) is 1. The van der Waals surface area contributed by atoms with Crippen LogP contribution in [-0.4, -0.2) is 24.2 Å². The van der Waals surface area contributed by atoms with E-state index in [-0.39, 0.29) is 5.54 Å². The van der Waals surface area contributed by atoms with E-state index in [0.29, 0.717) is 0 Å². The van der Waals surface area contributed by atoms with Crippen LogP contribution >= 0.6 is 11.8 Å². The Balaban J connectivity index is 2.09. The van der Waals surface area contributed by atoms with Gasteiger partial charge in [0.05, 0.1) is 18.3 Å². The van der Waals surface area contributed by atoms with Gasteiger partial charge in [0.15, 0.2) is 0 Å². The largest absolute Gasteiger partial charge is 0.496 e. The molecular formula is C22H27NOS. The molecule has 25 heavy (non-hydrogen) atoms. The molecule has 2 aromatic rings. The van der Waals surface area contributed by atoms with Gasteiger partial charge >= 0.3 is 0 Å². The van der Waals surface area contributed by atoms with Gasteiger partial charge in [-0.2, -0.15) is 11.8 Å². The molecule has 1 N–H and O–H groups in total. The zero-order valence-corrected chi connectivity index (χ0v) is 16.4. The topological polar surface area (TPSA) is 21.3 Å². The van der Waals surface area contributed by atoms with Crippen LogP contribution in [0.2, 0.25) is 0 Å². The number of rotatable bonds is 6. The van der Waals surface area contributed by atoms with Crippen LogP contribution in [0.25, 0.3) is 16.7 Å². The summed E-state index contributed by atoms with van der Waals surface area (Å²) in [6.45, 7) is 6.71. The van der Waals surface area contributed by atoms with Crippen molar-refractivity contribution in [1.29, 1.82) is 0 Å². The van der Waals surface area contributed by atoms with Gasteiger partial charge in [0.25, 0.3) is 0 Å². The molecular weight excluding hydrogens is 326 g/mol. The normalized spacial score (nSPS) is 15.1. The smallest absolute Gasteiger partial charge is 0.126 e. The molecule has 0 amide bonds. The number of anilines is 1. The van der Waals surface area contributed by atoms with E-state index in [9.17, 15) is 0 Å². The Kier molecular flexibility index (Phi) is 5.43. The summed E-state index contributed by atoms with van der Waals surface area (Å²) in [5, 5.41) is 3.73. The third kappa shape index (κ3) is 3.87. The molecule has 0 aromatic heterocycles. The summed E-state index contributed by atoms with van der Waals surface area (Å²) >= 11 is 2.01. The molecule has 3 rings (SSSR count). The highest BCUT2D eigenvalue weighted by Crippen LogP contribution is 2.43. The average Bonchev–Trinajstić information content (AvgIpc) is 2.60. The van der Waals surface area contributed by atoms with Crippen molar-refractivity contribution < 1.29 is 4.74 Å². The number of para-hydroxylation sites is 2. The van der Waals surface area contributed by atoms with Crippen molar-refractivity contribution in [2.24, 2.45) is 0 Å². The van der Waals surface area contributed by atoms with Gasteiger partial charge in [0, 0.05) is 22.4 Å². The summed E-state index contributed by atoms with van der Waals surface area (Å²) in [5.74, 6) is 3.17. The summed E-state index contributed by atoms with van der Waals surface area (Å²) in [5.41, 5.74) is 6.22. The highest BCUT2D eigenvalue weighted by Gasteiger charge is 2.26. The Hall–Kier alpha value is -1.87. The third-order valence-electron chi connectivity index (χ3n) is 4.40. The number of thioether (sulfide) groups is 1. The van der Waals surface area contributed by atoms with Crippen molar-refractivity contribution in [3.63, 3.8) is 0 Å². The van der Waals surface area contributed by atoms with Crippen LogP contribution in [-0.2, 0) is 0 Å². The lowest BCUT2D eigenvalue weighted by atomic mass is 9.87. The molecule has 0 unspecified atom stereocenters. The highest BCUT2D eigenvalue weighted by molar-refractivity contribution is 7.99. The lowest BCUT2D eigenvalue weighted by Gasteiger charge is -2.34. The molecule has 0 saturated heterocycles. The molecule has 0 spiro atoms. The minimum atomic E-state index is -0.0623. The summed E-state index contributed by atoms with van der Waals surface area (Å²) < 4.78 is 5.60. The van der Waals surface area contributed by atoms with E-state index in [4.69, 9.17) is 4.74 Å². The third-order valence-corrected chi connectivity index (χ3v) is 5.61. The molecule has 3 heteroatoms. The Labute approximate surface area is 155 Å². The Morgan fingerprint density at radius 2 is 1.72 bits per heavy atom. The van der Waals surface area contributed by atoms with E-state index in [1.54, 1.807) is 7.11 Å². The summed E-state index contributed by atoms with van der Waals surface area (Å²) in [7, 11) is 1.73. The van der Waals surface area contributed by atoms with Gasteiger partial charge in [-0.05, 0) is 37.7 Å². The Bertz CT molecular complexity index is 779. The van der Waals surface area contributed by atoms with Crippen LogP contribution in [0.4, 0.5) is 5.69 Å². The van der Waals surface area contributed by atoms with E-state index in [0.717, 1.165) is 17.1 Å². The summed E-state index contributed by atoms with van der Waals surface area (Å²) in [6.07, 6.45) is 3.59. The molecule has 0 fully saturated rings. The predicted octanol–water partition coefficient (Wildman–Crippen LogP) is 6.09. The van der Waals surface area contributed by atoms with E-state index in [2.05, 4.69) is 62.5 Å². The number of fused-ring (bicyclic) bond motifs is 1. The average molecular weight is 354 g/mol.